The summed E-state index contributed by atoms with van der Waals surface area (Å²) in [5, 5.41) is 47.0. The first-order valence-corrected chi connectivity index (χ1v) is 28.1. The third-order valence-electron chi connectivity index (χ3n) is 15.2. The molecule has 0 aliphatic heterocycles. The summed E-state index contributed by atoms with van der Waals surface area (Å²) < 4.78 is 0. The zero-order chi connectivity index (χ0) is 57.6. The Morgan fingerprint density at radius 3 is 0.429 bits per heavy atom. The number of rotatable bonds is 17. The van der Waals surface area contributed by atoms with Crippen LogP contribution in [0.15, 0.2) is 297 Å². The van der Waals surface area contributed by atoms with E-state index >= 15 is 0 Å². The van der Waals surface area contributed by atoms with Crippen LogP contribution < -0.4 is 9.80 Å². The van der Waals surface area contributed by atoms with Gasteiger partial charge in [0.2, 0.25) is 0 Å². The molecule has 5 N–H and O–H groups in total. The molecular weight excluding hydrogens is 1030 g/mol. The van der Waals surface area contributed by atoms with Gasteiger partial charge in [0.25, 0.3) is 0 Å². The van der Waals surface area contributed by atoms with Crippen molar-refractivity contribution in [1.82, 2.24) is 0 Å². The first kappa shape index (κ1) is 55.9. The molecule has 0 atom stereocenters. The number of anilines is 6. The number of aliphatic hydroxyl groups excluding tert-OH is 5. The molecule has 0 heterocycles. The Morgan fingerprint density at radius 1 is 0.155 bits per heavy atom. The Morgan fingerprint density at radius 2 is 0.286 bits per heavy atom. The number of nitrogens with zero attached hydrogens (tertiary/aromatic N) is 2. The predicted octanol–water partition coefficient (Wildman–Crippen LogP) is 17.8. The van der Waals surface area contributed by atoms with Crippen LogP contribution >= 0.6 is 0 Å². The van der Waals surface area contributed by atoms with Gasteiger partial charge in [-0.05, 0) is 167 Å². The minimum Gasteiger partial charge on any atom is -0.392 e. The Kier molecular flexibility index (Phi) is 17.8. The van der Waals surface area contributed by atoms with Crippen molar-refractivity contribution in [3.8, 4) is 66.8 Å². The van der Waals surface area contributed by atoms with Crippen LogP contribution in [0.4, 0.5) is 34.1 Å². The van der Waals surface area contributed by atoms with E-state index in [1.54, 1.807) is 0 Å². The SMILES string of the molecule is OCc1ccc(-c2ccc(N(c3ccc(-c4ccc(CO)cc4)cc3)c3ccc(-c4ccc(CO)cc4)cc3)cc2)cc1.OCc1ccc(-c2ccc(N(c3ccc(-c4ccccc4)cc3)c3ccc(-c4ccc(CO)cc4)cc3)cc2)cc1. The van der Waals surface area contributed by atoms with Gasteiger partial charge in [0.1, 0.15) is 0 Å². The summed E-state index contributed by atoms with van der Waals surface area (Å²) in [5.41, 5.74) is 24.3. The summed E-state index contributed by atoms with van der Waals surface area (Å²) in [7, 11) is 0. The van der Waals surface area contributed by atoms with Gasteiger partial charge in [0.15, 0.2) is 0 Å². The number of aliphatic hydroxyl groups is 5. The second kappa shape index (κ2) is 26.7. The maximum absolute atomic E-state index is 9.40. The highest BCUT2D eigenvalue weighted by atomic mass is 16.3. The van der Waals surface area contributed by atoms with Crippen LogP contribution in [0.5, 0.6) is 0 Å². The van der Waals surface area contributed by atoms with Crippen molar-refractivity contribution in [3.05, 3.63) is 325 Å². The lowest BCUT2D eigenvalue weighted by molar-refractivity contribution is 0.281. The van der Waals surface area contributed by atoms with Gasteiger partial charge in [-0.15, -0.1) is 0 Å². The lowest BCUT2D eigenvalue weighted by atomic mass is 10.0. The highest BCUT2D eigenvalue weighted by Crippen LogP contribution is 2.40. The maximum Gasteiger partial charge on any atom is 0.0681 e. The average molecular weight is 1100 g/mol. The van der Waals surface area contributed by atoms with Crippen LogP contribution in [-0.4, -0.2) is 25.5 Å². The smallest absolute Gasteiger partial charge is 0.0681 e. The molecule has 0 aliphatic carbocycles. The summed E-state index contributed by atoms with van der Waals surface area (Å²) in [6.45, 7) is 0.198. The van der Waals surface area contributed by atoms with E-state index in [9.17, 15) is 25.5 Å². The van der Waals surface area contributed by atoms with Gasteiger partial charge in [-0.1, -0.05) is 224 Å². The fraction of sp³-hybridized carbons (Fsp3) is 0.0649. The van der Waals surface area contributed by atoms with E-state index in [2.05, 4.69) is 180 Å². The average Bonchev–Trinajstić information content (AvgIpc) is 3.68. The van der Waals surface area contributed by atoms with Gasteiger partial charge in [-0.3, -0.25) is 0 Å². The van der Waals surface area contributed by atoms with Crippen molar-refractivity contribution < 1.29 is 25.5 Å². The highest BCUT2D eigenvalue weighted by Gasteiger charge is 2.16. The molecule has 7 heteroatoms. The largest absolute Gasteiger partial charge is 0.392 e. The molecule has 7 nitrogen and oxygen atoms in total. The molecule has 12 aromatic carbocycles. The second-order valence-electron chi connectivity index (χ2n) is 20.6. The molecule has 0 radical (unpaired) electrons. The molecule has 12 rings (SSSR count). The van der Waals surface area contributed by atoms with Crippen LogP contribution in [0.1, 0.15) is 27.8 Å². The molecule has 0 unspecified atom stereocenters. The summed E-state index contributed by atoms with van der Waals surface area (Å²) in [6, 6.07) is 102. The quantitative estimate of drug-likeness (QED) is 0.0618. The minimum absolute atomic E-state index is 0.0354. The van der Waals surface area contributed by atoms with Crippen molar-refractivity contribution in [3.63, 3.8) is 0 Å². The van der Waals surface area contributed by atoms with Gasteiger partial charge >= 0.3 is 0 Å². The third kappa shape index (κ3) is 13.2. The first-order valence-electron chi connectivity index (χ1n) is 28.1. The van der Waals surface area contributed by atoms with Crippen LogP contribution in [0.2, 0.25) is 0 Å². The van der Waals surface area contributed by atoms with Crippen molar-refractivity contribution in [1.29, 1.82) is 0 Å². The molecule has 12 aromatic rings. The number of hydrogen-bond donors (Lipinski definition) is 5. The topological polar surface area (TPSA) is 108 Å². The Bertz CT molecular complexity index is 3680. The van der Waals surface area contributed by atoms with Gasteiger partial charge in [-0.25, -0.2) is 0 Å². The van der Waals surface area contributed by atoms with Gasteiger partial charge in [0, 0.05) is 34.1 Å². The summed E-state index contributed by atoms with van der Waals surface area (Å²) in [4.78, 5) is 4.52. The molecular formula is C77H64N2O5. The Balaban J connectivity index is 0.000000176. The van der Waals surface area contributed by atoms with E-state index in [0.29, 0.717) is 0 Å². The minimum atomic E-state index is 0.0354. The normalized spacial score (nSPS) is 10.9. The summed E-state index contributed by atoms with van der Waals surface area (Å²) >= 11 is 0. The third-order valence-corrected chi connectivity index (χ3v) is 15.2. The Labute approximate surface area is 491 Å². The van der Waals surface area contributed by atoms with Crippen molar-refractivity contribution in [2.75, 3.05) is 9.80 Å². The van der Waals surface area contributed by atoms with E-state index in [0.717, 1.165) is 118 Å². The summed E-state index contributed by atoms with van der Waals surface area (Å²) in [6.07, 6.45) is 0. The van der Waals surface area contributed by atoms with E-state index in [-0.39, 0.29) is 33.0 Å². The van der Waals surface area contributed by atoms with Gasteiger partial charge in [-0.2, -0.15) is 0 Å². The van der Waals surface area contributed by atoms with E-state index in [1.165, 1.54) is 11.1 Å². The molecule has 0 spiro atoms. The van der Waals surface area contributed by atoms with Crippen molar-refractivity contribution in [2.45, 2.75) is 33.0 Å². The molecule has 0 saturated heterocycles. The predicted molar refractivity (Wildman–Crippen MR) is 344 cm³/mol. The van der Waals surface area contributed by atoms with Crippen LogP contribution in [0, 0.1) is 0 Å². The second-order valence-corrected chi connectivity index (χ2v) is 20.6. The van der Waals surface area contributed by atoms with Crippen LogP contribution in [-0.2, 0) is 33.0 Å². The number of hydrogen-bond acceptors (Lipinski definition) is 7. The van der Waals surface area contributed by atoms with Gasteiger partial charge in [0.05, 0.1) is 33.0 Å². The lowest BCUT2D eigenvalue weighted by Crippen LogP contribution is -2.09. The van der Waals surface area contributed by atoms with Gasteiger partial charge < -0.3 is 35.3 Å². The first-order chi connectivity index (χ1) is 41.4. The molecule has 0 aliphatic rings. The number of benzene rings is 12. The molecule has 0 bridgehead atoms. The molecule has 412 valence electrons. The van der Waals surface area contributed by atoms with Crippen LogP contribution in [0.25, 0.3) is 66.8 Å². The zero-order valence-electron chi connectivity index (χ0n) is 46.5. The lowest BCUT2D eigenvalue weighted by Gasteiger charge is -2.26. The highest BCUT2D eigenvalue weighted by molar-refractivity contribution is 5.83. The molecule has 84 heavy (non-hydrogen) atoms. The van der Waals surface area contributed by atoms with E-state index in [1.807, 2.05) is 127 Å². The van der Waals surface area contributed by atoms with Crippen molar-refractivity contribution >= 4 is 34.1 Å². The fourth-order valence-corrected chi connectivity index (χ4v) is 10.4. The standard InChI is InChI=1S/C39H33NO3.C38H31NO2/c41-25-28-1-7-31(8-2-28)34-13-19-37(20-14-34)40(38-21-15-35(16-22-38)32-9-3-29(26-42)4-10-32)39-23-17-36(18-24-39)33-11-5-30(27-43)6-12-33;40-26-28-6-10-31(11-7-28)34-16-22-37(23-17-34)39(36-20-14-33(15-21-36)30-4-2-1-3-5-30)38-24-18-35(19-25-38)32-12-8-29(27-41)9-13-32/h1-24,41-43H,25-27H2;1-25,40-41H,26-27H2. The van der Waals surface area contributed by atoms with Crippen molar-refractivity contribution in [2.24, 2.45) is 0 Å². The monoisotopic (exact) mass is 1100 g/mol. The van der Waals surface area contributed by atoms with E-state index < -0.39 is 0 Å². The molecule has 0 saturated carbocycles. The molecule has 0 amide bonds. The molecule has 0 aromatic heterocycles. The fourth-order valence-electron chi connectivity index (χ4n) is 10.4. The maximum atomic E-state index is 9.40. The Hall–Kier alpha value is -9.96. The summed E-state index contributed by atoms with van der Waals surface area (Å²) in [5.74, 6) is 0. The van der Waals surface area contributed by atoms with Crippen LogP contribution in [0.3, 0.4) is 0 Å². The van der Waals surface area contributed by atoms with E-state index in [4.69, 9.17) is 0 Å². The zero-order valence-corrected chi connectivity index (χ0v) is 46.5. The molecule has 0 fully saturated rings.